The maximum absolute atomic E-state index is 5.03. The van der Waals surface area contributed by atoms with E-state index in [2.05, 4.69) is 460 Å². The molecule has 123 heavy (non-hydrogen) atoms. The molecule has 2 aliphatic rings. The Morgan fingerprint density at radius 1 is 0.163 bits per heavy atom. The molecule has 2 aromatic heterocycles. The quantitative estimate of drug-likeness (QED) is 0.109. The molecule has 19 aromatic carbocycles. The van der Waals surface area contributed by atoms with E-state index in [1.807, 2.05) is 36.4 Å². The minimum absolute atomic E-state index is 0.275. The fraction of sp³-hybridized carbons (Fsp3) is 0.0167. The van der Waals surface area contributed by atoms with Gasteiger partial charge in [0.05, 0.1) is 22.4 Å². The van der Waals surface area contributed by atoms with Crippen molar-refractivity contribution in [2.45, 2.75) is 11.8 Å². The summed E-state index contributed by atoms with van der Waals surface area (Å²) in [6, 6.07) is 176. The van der Waals surface area contributed by atoms with Crippen LogP contribution in [-0.2, 0) is 0 Å². The Balaban J connectivity index is 0.000000114. The van der Waals surface area contributed by atoms with E-state index in [4.69, 9.17) is 9.97 Å². The SMILES string of the molecule is c1ccc(-c2cc(-c3ccccc3)cc(-c3ccc(-c4ccc(C5c6ccccc6-c6ccccc65)cc4)cc3)c2)cc1.c1ccc(-c2cc(-c3ccccc3)cc(-c3ccc(C4c5ccccc5-c5ccccc54)cc3)c2)cc1.c1ccc(-c2cc(-c3ccccc3)nc(-c3cccc(-c4ccc(-n5c6ccccc6c6ccccc65)cc4)c3)n2)cc1. The molecular weight excluding hydrogens is 1480 g/mol. The number of fused-ring (bicyclic) bond motifs is 9. The average Bonchev–Trinajstić information content (AvgIpc) is 1.37. The van der Waals surface area contributed by atoms with Gasteiger partial charge in [-0.1, -0.05) is 419 Å². The number of hydrogen-bond donors (Lipinski definition) is 0. The van der Waals surface area contributed by atoms with Gasteiger partial charge in [-0.3, -0.25) is 0 Å². The Hall–Kier alpha value is -15.9. The van der Waals surface area contributed by atoms with E-state index < -0.39 is 0 Å². The van der Waals surface area contributed by atoms with Gasteiger partial charge in [-0.25, -0.2) is 9.97 Å². The lowest BCUT2D eigenvalue weighted by Gasteiger charge is -2.16. The topological polar surface area (TPSA) is 30.7 Å². The highest BCUT2D eigenvalue weighted by Gasteiger charge is 2.31. The summed E-state index contributed by atoms with van der Waals surface area (Å²) in [5.74, 6) is 1.26. The normalized spacial score (nSPS) is 11.8. The number of aromatic nitrogens is 3. The lowest BCUT2D eigenvalue weighted by atomic mass is 9.88. The van der Waals surface area contributed by atoms with Gasteiger partial charge in [0, 0.05) is 45.0 Å². The molecule has 0 amide bonds. The molecule has 3 heteroatoms. The van der Waals surface area contributed by atoms with Gasteiger partial charge in [0.1, 0.15) is 0 Å². The van der Waals surface area contributed by atoms with Crippen LogP contribution in [0, 0.1) is 0 Å². The number of nitrogens with zero attached hydrogens (tertiary/aromatic N) is 3. The molecule has 0 unspecified atom stereocenters. The Labute approximate surface area is 718 Å². The van der Waals surface area contributed by atoms with Crippen molar-refractivity contribution in [2.24, 2.45) is 0 Å². The molecule has 0 saturated carbocycles. The van der Waals surface area contributed by atoms with Crippen LogP contribution in [0.3, 0.4) is 0 Å². The van der Waals surface area contributed by atoms with Crippen LogP contribution >= 0.6 is 0 Å². The average molecular weight is 1570 g/mol. The zero-order valence-corrected chi connectivity index (χ0v) is 67.8. The first-order valence-corrected chi connectivity index (χ1v) is 42.4. The first kappa shape index (κ1) is 74.6. The molecule has 0 radical (unpaired) electrons. The predicted octanol–water partition coefficient (Wildman–Crippen LogP) is 31.6. The van der Waals surface area contributed by atoms with E-state index >= 15 is 0 Å². The summed E-state index contributed by atoms with van der Waals surface area (Å²) in [5.41, 5.74) is 41.7. The monoisotopic (exact) mass is 1570 g/mol. The van der Waals surface area contributed by atoms with Crippen molar-refractivity contribution in [3.05, 3.63) is 525 Å². The van der Waals surface area contributed by atoms with Gasteiger partial charge in [-0.05, 0) is 217 Å². The van der Waals surface area contributed by atoms with Crippen LogP contribution in [0.25, 0.3) is 173 Å². The summed E-state index contributed by atoms with van der Waals surface area (Å²) in [4.78, 5) is 10.1. The molecule has 2 heterocycles. The first-order chi connectivity index (χ1) is 61.0. The summed E-state index contributed by atoms with van der Waals surface area (Å²) in [6.07, 6.45) is 0. The second kappa shape index (κ2) is 33.5. The van der Waals surface area contributed by atoms with Gasteiger partial charge in [0.2, 0.25) is 0 Å². The summed E-state index contributed by atoms with van der Waals surface area (Å²) < 4.78 is 2.35. The van der Waals surface area contributed by atoms with Crippen molar-refractivity contribution in [1.29, 1.82) is 0 Å². The van der Waals surface area contributed by atoms with Gasteiger partial charge in [0.15, 0.2) is 5.82 Å². The zero-order valence-electron chi connectivity index (χ0n) is 67.8. The predicted molar refractivity (Wildman–Crippen MR) is 515 cm³/mol. The van der Waals surface area contributed by atoms with E-state index in [9.17, 15) is 0 Å². The molecule has 578 valence electrons. The van der Waals surface area contributed by atoms with Gasteiger partial charge in [0.25, 0.3) is 0 Å². The van der Waals surface area contributed by atoms with Crippen molar-refractivity contribution < 1.29 is 0 Å². The lowest BCUT2D eigenvalue weighted by Crippen LogP contribution is -1.99. The van der Waals surface area contributed by atoms with Crippen molar-refractivity contribution in [3.63, 3.8) is 0 Å². The molecular formula is C120H83N3. The third-order valence-electron chi connectivity index (χ3n) is 24.4. The second-order valence-electron chi connectivity index (χ2n) is 31.8. The van der Waals surface area contributed by atoms with Gasteiger partial charge < -0.3 is 4.57 Å². The maximum Gasteiger partial charge on any atom is 0.160 e. The van der Waals surface area contributed by atoms with Gasteiger partial charge in [-0.15, -0.1) is 0 Å². The molecule has 0 fully saturated rings. The Morgan fingerprint density at radius 2 is 0.398 bits per heavy atom. The van der Waals surface area contributed by atoms with E-state index in [0.29, 0.717) is 5.82 Å². The van der Waals surface area contributed by atoms with Crippen LogP contribution in [-0.4, -0.2) is 14.5 Å². The van der Waals surface area contributed by atoms with Crippen molar-refractivity contribution in [2.75, 3.05) is 0 Å². The largest absolute Gasteiger partial charge is 0.309 e. The highest BCUT2D eigenvalue weighted by atomic mass is 15.0. The van der Waals surface area contributed by atoms with E-state index in [1.165, 1.54) is 155 Å². The molecule has 0 atom stereocenters. The van der Waals surface area contributed by atoms with E-state index in [-0.39, 0.29) is 11.8 Å². The Kier molecular flexibility index (Phi) is 20.3. The number of hydrogen-bond acceptors (Lipinski definition) is 2. The smallest absolute Gasteiger partial charge is 0.160 e. The van der Waals surface area contributed by atoms with Crippen LogP contribution in [0.15, 0.2) is 491 Å². The maximum atomic E-state index is 5.03. The molecule has 0 aliphatic heterocycles. The van der Waals surface area contributed by atoms with Crippen molar-refractivity contribution in [1.82, 2.24) is 14.5 Å². The van der Waals surface area contributed by atoms with E-state index in [0.717, 1.165) is 44.9 Å². The molecule has 0 N–H and O–H groups in total. The van der Waals surface area contributed by atoms with Crippen LogP contribution < -0.4 is 0 Å². The summed E-state index contributed by atoms with van der Waals surface area (Å²) in [7, 11) is 0. The van der Waals surface area contributed by atoms with Crippen molar-refractivity contribution in [3.8, 4) is 151 Å². The number of para-hydroxylation sites is 2. The number of rotatable bonds is 14. The summed E-state index contributed by atoms with van der Waals surface area (Å²) in [6.45, 7) is 0. The molecule has 0 saturated heterocycles. The second-order valence-corrected chi connectivity index (χ2v) is 31.8. The minimum atomic E-state index is 0.275. The molecule has 21 aromatic rings. The zero-order chi connectivity index (χ0) is 81.8. The van der Waals surface area contributed by atoms with Crippen molar-refractivity contribution >= 4 is 21.8 Å². The third-order valence-corrected chi connectivity index (χ3v) is 24.4. The summed E-state index contributed by atoms with van der Waals surface area (Å²) >= 11 is 0. The first-order valence-electron chi connectivity index (χ1n) is 42.4. The Morgan fingerprint density at radius 3 is 0.740 bits per heavy atom. The molecule has 0 spiro atoms. The van der Waals surface area contributed by atoms with E-state index in [1.54, 1.807) is 0 Å². The van der Waals surface area contributed by atoms with Crippen LogP contribution in [0.4, 0.5) is 0 Å². The van der Waals surface area contributed by atoms with Gasteiger partial charge in [-0.2, -0.15) is 0 Å². The number of benzene rings is 19. The molecule has 23 rings (SSSR count). The van der Waals surface area contributed by atoms with Crippen LogP contribution in [0.5, 0.6) is 0 Å². The minimum Gasteiger partial charge on any atom is -0.309 e. The van der Waals surface area contributed by atoms with Crippen LogP contribution in [0.2, 0.25) is 0 Å². The molecule has 0 bridgehead atoms. The van der Waals surface area contributed by atoms with Gasteiger partial charge >= 0.3 is 0 Å². The highest BCUT2D eigenvalue weighted by molar-refractivity contribution is 6.09. The standard InChI is InChI=1S/C43H30.C40H27N3.C37H26/c1-3-11-30(12-4-1)36-27-37(31-13-5-2-6-14-31)29-38(28-36)34-21-19-32(20-22-34)33-23-25-35(26-24-33)43-41-17-9-7-15-39(41)40-16-8-10-18-42(40)43;1-3-12-29(13-4-1)36-27-37(30-14-5-2-6-15-30)42-40(41-36)32-17-11-16-31(26-32)28-22-24-33(25-23-28)43-38-20-9-7-18-34(38)35-19-8-10-21-39(35)43;1-3-11-26(12-4-1)30-23-31(27-13-5-2-6-14-27)25-32(24-30)28-19-21-29(22-20-28)37-35-17-9-7-15-33(35)34-16-8-10-18-36(34)37/h1-29,43H;1-27H;1-25,37H. The molecule has 3 nitrogen and oxygen atoms in total. The third kappa shape index (κ3) is 15.1. The Bertz CT molecular complexity index is 7030. The fourth-order valence-electron chi connectivity index (χ4n) is 18.3. The molecule has 2 aliphatic carbocycles. The van der Waals surface area contributed by atoms with Crippen LogP contribution in [0.1, 0.15) is 45.2 Å². The fourth-order valence-corrected chi connectivity index (χ4v) is 18.3. The lowest BCUT2D eigenvalue weighted by molar-refractivity contribution is 1.02. The summed E-state index contributed by atoms with van der Waals surface area (Å²) in [5, 5.41) is 2.53. The highest BCUT2D eigenvalue weighted by Crippen LogP contribution is 2.51.